The van der Waals surface area contributed by atoms with Gasteiger partial charge in [0.1, 0.15) is 5.37 Å². The fourth-order valence-electron chi connectivity index (χ4n) is 2.60. The first-order valence-corrected chi connectivity index (χ1v) is 8.08. The van der Waals surface area contributed by atoms with E-state index >= 15 is 0 Å². The van der Waals surface area contributed by atoms with Crippen molar-refractivity contribution in [3.05, 3.63) is 65.2 Å². The van der Waals surface area contributed by atoms with E-state index in [4.69, 9.17) is 0 Å². The van der Waals surface area contributed by atoms with Crippen molar-refractivity contribution in [2.24, 2.45) is 0 Å². The molecular formula is C17H14F3NOS. The zero-order valence-corrected chi connectivity index (χ0v) is 13.1. The van der Waals surface area contributed by atoms with E-state index in [0.717, 1.165) is 17.7 Å². The SMILES string of the molecule is Cc1cccc(N2C(=O)CS[C@@H]2c2cccc(C(F)(F)F)c2)c1. The molecule has 1 aliphatic heterocycles. The molecule has 0 aliphatic carbocycles. The van der Waals surface area contributed by atoms with Gasteiger partial charge in [0.2, 0.25) is 5.91 Å². The van der Waals surface area contributed by atoms with Crippen LogP contribution in [0.3, 0.4) is 0 Å². The minimum atomic E-state index is -4.39. The van der Waals surface area contributed by atoms with Gasteiger partial charge in [-0.1, -0.05) is 24.3 Å². The summed E-state index contributed by atoms with van der Waals surface area (Å²) < 4.78 is 38.8. The molecule has 1 heterocycles. The second-order valence-electron chi connectivity index (χ2n) is 5.39. The number of nitrogens with zero attached hydrogens (tertiary/aromatic N) is 1. The third kappa shape index (κ3) is 3.22. The first-order chi connectivity index (χ1) is 10.9. The van der Waals surface area contributed by atoms with Crippen LogP contribution in [0.25, 0.3) is 0 Å². The Morgan fingerprint density at radius 3 is 2.57 bits per heavy atom. The largest absolute Gasteiger partial charge is 0.416 e. The van der Waals surface area contributed by atoms with E-state index in [1.54, 1.807) is 17.0 Å². The summed E-state index contributed by atoms with van der Waals surface area (Å²) in [6.07, 6.45) is -4.39. The quantitative estimate of drug-likeness (QED) is 0.785. The molecule has 0 bridgehead atoms. The zero-order chi connectivity index (χ0) is 16.6. The van der Waals surface area contributed by atoms with E-state index in [-0.39, 0.29) is 11.7 Å². The third-order valence-electron chi connectivity index (χ3n) is 3.65. The predicted octanol–water partition coefficient (Wildman–Crippen LogP) is 4.79. The maximum Gasteiger partial charge on any atom is 0.416 e. The Bertz CT molecular complexity index is 745. The summed E-state index contributed by atoms with van der Waals surface area (Å²) in [7, 11) is 0. The van der Waals surface area contributed by atoms with E-state index in [1.807, 2.05) is 25.1 Å². The lowest BCUT2D eigenvalue weighted by atomic mass is 10.1. The maximum atomic E-state index is 12.9. The van der Waals surface area contributed by atoms with Gasteiger partial charge in [0, 0.05) is 5.69 Å². The highest BCUT2D eigenvalue weighted by molar-refractivity contribution is 8.00. The monoisotopic (exact) mass is 337 g/mol. The Morgan fingerprint density at radius 1 is 1.13 bits per heavy atom. The van der Waals surface area contributed by atoms with Crippen LogP contribution < -0.4 is 4.90 Å². The van der Waals surface area contributed by atoms with Crippen molar-refractivity contribution in [1.82, 2.24) is 0 Å². The normalized spacial score (nSPS) is 18.5. The van der Waals surface area contributed by atoms with Crippen molar-refractivity contribution in [3.8, 4) is 0 Å². The molecule has 1 atom stereocenters. The Hall–Kier alpha value is -1.95. The Labute approximate surface area is 136 Å². The van der Waals surface area contributed by atoms with Crippen LogP contribution in [0.15, 0.2) is 48.5 Å². The van der Waals surface area contributed by atoms with Crippen LogP contribution in [0.4, 0.5) is 18.9 Å². The lowest BCUT2D eigenvalue weighted by Gasteiger charge is -2.25. The highest BCUT2D eigenvalue weighted by Gasteiger charge is 2.36. The summed E-state index contributed by atoms with van der Waals surface area (Å²) in [5.41, 5.74) is 1.49. The van der Waals surface area contributed by atoms with Crippen molar-refractivity contribution in [2.75, 3.05) is 10.7 Å². The van der Waals surface area contributed by atoms with Crippen molar-refractivity contribution in [2.45, 2.75) is 18.5 Å². The number of rotatable bonds is 2. The van der Waals surface area contributed by atoms with Gasteiger partial charge in [-0.2, -0.15) is 13.2 Å². The summed E-state index contributed by atoms with van der Waals surface area (Å²) in [4.78, 5) is 13.8. The fraction of sp³-hybridized carbons (Fsp3) is 0.235. The summed E-state index contributed by atoms with van der Waals surface area (Å²) in [6.45, 7) is 1.91. The molecule has 0 saturated carbocycles. The van der Waals surface area contributed by atoms with E-state index in [2.05, 4.69) is 0 Å². The van der Waals surface area contributed by atoms with Crippen molar-refractivity contribution in [3.63, 3.8) is 0 Å². The van der Waals surface area contributed by atoms with E-state index in [9.17, 15) is 18.0 Å². The molecule has 2 aromatic carbocycles. The first-order valence-electron chi connectivity index (χ1n) is 7.04. The summed E-state index contributed by atoms with van der Waals surface area (Å²) in [5, 5.41) is -0.438. The molecule has 2 nitrogen and oxygen atoms in total. The van der Waals surface area contributed by atoms with Gasteiger partial charge in [0.25, 0.3) is 0 Å². The number of anilines is 1. The summed E-state index contributed by atoms with van der Waals surface area (Å²) >= 11 is 1.34. The number of alkyl halides is 3. The molecule has 0 N–H and O–H groups in total. The van der Waals surface area contributed by atoms with E-state index in [0.29, 0.717) is 11.3 Å². The molecule has 2 aromatic rings. The smallest absolute Gasteiger partial charge is 0.295 e. The van der Waals surface area contributed by atoms with Crippen molar-refractivity contribution < 1.29 is 18.0 Å². The molecule has 6 heteroatoms. The number of amides is 1. The van der Waals surface area contributed by atoms with Crippen LogP contribution in [0.2, 0.25) is 0 Å². The molecule has 1 aliphatic rings. The number of thioether (sulfide) groups is 1. The van der Waals surface area contributed by atoms with Gasteiger partial charge in [0.05, 0.1) is 11.3 Å². The van der Waals surface area contributed by atoms with E-state index < -0.39 is 17.1 Å². The molecule has 0 radical (unpaired) electrons. The molecule has 3 rings (SSSR count). The molecular weight excluding hydrogens is 323 g/mol. The molecule has 1 amide bonds. The van der Waals surface area contributed by atoms with Crippen molar-refractivity contribution >= 4 is 23.4 Å². The van der Waals surface area contributed by atoms with Gasteiger partial charge in [-0.05, 0) is 42.3 Å². The average molecular weight is 337 g/mol. The minimum absolute atomic E-state index is 0.0944. The van der Waals surface area contributed by atoms with Crippen LogP contribution >= 0.6 is 11.8 Å². The predicted molar refractivity (Wildman–Crippen MR) is 85.3 cm³/mol. The van der Waals surface area contributed by atoms with Crippen LogP contribution in [-0.2, 0) is 11.0 Å². The van der Waals surface area contributed by atoms with Gasteiger partial charge in [-0.15, -0.1) is 11.8 Å². The average Bonchev–Trinajstić information content (AvgIpc) is 2.88. The van der Waals surface area contributed by atoms with Crippen LogP contribution in [0.1, 0.15) is 22.1 Å². The van der Waals surface area contributed by atoms with Crippen molar-refractivity contribution in [1.29, 1.82) is 0 Å². The molecule has 1 fully saturated rings. The zero-order valence-electron chi connectivity index (χ0n) is 12.3. The Balaban J connectivity index is 2.00. The number of carbonyl (C=O) groups excluding carboxylic acids is 1. The van der Waals surface area contributed by atoms with Gasteiger partial charge in [0.15, 0.2) is 0 Å². The number of hydrogen-bond acceptors (Lipinski definition) is 2. The molecule has 120 valence electrons. The van der Waals surface area contributed by atoms with E-state index in [1.165, 1.54) is 17.8 Å². The maximum absolute atomic E-state index is 12.9. The Morgan fingerprint density at radius 2 is 1.87 bits per heavy atom. The number of hydrogen-bond donors (Lipinski definition) is 0. The third-order valence-corrected chi connectivity index (χ3v) is 4.86. The lowest BCUT2D eigenvalue weighted by Crippen LogP contribution is -2.28. The number of halogens is 3. The van der Waals surface area contributed by atoms with Gasteiger partial charge in [-0.3, -0.25) is 9.69 Å². The second-order valence-corrected chi connectivity index (χ2v) is 6.46. The van der Waals surface area contributed by atoms with Gasteiger partial charge < -0.3 is 0 Å². The van der Waals surface area contributed by atoms with Gasteiger partial charge >= 0.3 is 6.18 Å². The lowest BCUT2D eigenvalue weighted by molar-refractivity contribution is -0.137. The molecule has 1 saturated heterocycles. The molecule has 23 heavy (non-hydrogen) atoms. The summed E-state index contributed by atoms with van der Waals surface area (Å²) in [6, 6.07) is 12.6. The number of benzene rings is 2. The van der Waals surface area contributed by atoms with Crippen LogP contribution in [-0.4, -0.2) is 11.7 Å². The number of aryl methyl sites for hydroxylation is 1. The topological polar surface area (TPSA) is 20.3 Å². The molecule has 0 aromatic heterocycles. The fourth-order valence-corrected chi connectivity index (χ4v) is 3.76. The second kappa shape index (κ2) is 5.92. The molecule has 0 spiro atoms. The highest BCUT2D eigenvalue weighted by atomic mass is 32.2. The first kappa shape index (κ1) is 15.9. The van der Waals surface area contributed by atoms with Crippen LogP contribution in [0.5, 0.6) is 0 Å². The van der Waals surface area contributed by atoms with Crippen LogP contribution in [0, 0.1) is 6.92 Å². The minimum Gasteiger partial charge on any atom is -0.295 e. The Kier molecular flexibility index (Phi) is 4.10. The standard InChI is InChI=1S/C17H14F3NOS/c1-11-4-2-7-14(8-11)21-15(22)10-23-16(21)12-5-3-6-13(9-12)17(18,19)20/h2-9,16H,10H2,1H3/t16-/m1/s1. The molecule has 0 unspecified atom stereocenters. The summed E-state index contributed by atoms with van der Waals surface area (Å²) in [5.74, 6) is 0.164. The highest BCUT2D eigenvalue weighted by Crippen LogP contribution is 2.43. The van der Waals surface area contributed by atoms with Gasteiger partial charge in [-0.25, -0.2) is 0 Å². The number of carbonyl (C=O) groups is 1.